The largest absolute Gasteiger partial charge is 0.340 e. The fourth-order valence-corrected chi connectivity index (χ4v) is 4.05. The van der Waals surface area contributed by atoms with Gasteiger partial charge in [0.05, 0.1) is 17.2 Å². The molecule has 2 aromatic rings. The quantitative estimate of drug-likeness (QED) is 0.789. The number of rotatable bonds is 7. The maximum atomic E-state index is 12.0. The molecule has 2 aromatic heterocycles. The minimum atomic E-state index is -0.0575. The van der Waals surface area contributed by atoms with Crippen LogP contribution in [0.1, 0.15) is 37.2 Å². The number of thioether (sulfide) groups is 1. The Morgan fingerprint density at radius 1 is 1.44 bits per heavy atom. The lowest BCUT2D eigenvalue weighted by molar-refractivity contribution is -0.113. The number of anilines is 1. The van der Waals surface area contributed by atoms with Gasteiger partial charge in [-0.1, -0.05) is 12.1 Å². The second-order valence-electron chi connectivity index (χ2n) is 6.37. The summed E-state index contributed by atoms with van der Waals surface area (Å²) in [4.78, 5) is 23.1. The molecular formula is C16H23N5O2S2. The van der Waals surface area contributed by atoms with Crippen molar-refractivity contribution in [2.24, 2.45) is 5.92 Å². The molecule has 0 atom stereocenters. The highest BCUT2D eigenvalue weighted by Crippen LogP contribution is 2.21. The van der Waals surface area contributed by atoms with E-state index >= 15 is 0 Å². The predicted molar refractivity (Wildman–Crippen MR) is 99.6 cm³/mol. The van der Waals surface area contributed by atoms with Crippen molar-refractivity contribution in [1.82, 2.24) is 20.0 Å². The minimum absolute atomic E-state index is 0.0575. The average molecular weight is 382 g/mol. The topological polar surface area (TPSA) is 84.2 Å². The van der Waals surface area contributed by atoms with Crippen LogP contribution in [-0.4, -0.2) is 44.8 Å². The molecule has 1 N–H and O–H groups in total. The third-order valence-corrected chi connectivity index (χ3v) is 5.83. The van der Waals surface area contributed by atoms with Crippen molar-refractivity contribution < 1.29 is 9.32 Å². The number of hydrogen-bond acceptors (Lipinski definition) is 8. The Morgan fingerprint density at radius 2 is 2.24 bits per heavy atom. The van der Waals surface area contributed by atoms with Crippen molar-refractivity contribution in [1.29, 1.82) is 0 Å². The Labute approximate surface area is 155 Å². The van der Waals surface area contributed by atoms with E-state index in [4.69, 9.17) is 4.52 Å². The van der Waals surface area contributed by atoms with Crippen LogP contribution in [-0.2, 0) is 17.1 Å². The molecule has 1 saturated heterocycles. The first kappa shape index (κ1) is 18.3. The number of aromatic nitrogens is 3. The van der Waals surface area contributed by atoms with E-state index in [-0.39, 0.29) is 5.91 Å². The van der Waals surface area contributed by atoms with Gasteiger partial charge in [-0.05, 0) is 31.8 Å². The molecule has 0 radical (unpaired) electrons. The molecule has 1 fully saturated rings. The number of thiazole rings is 1. The predicted octanol–water partition coefficient (Wildman–Crippen LogP) is 2.94. The summed E-state index contributed by atoms with van der Waals surface area (Å²) in [6.45, 7) is 7.19. The highest BCUT2D eigenvalue weighted by molar-refractivity contribution is 7.99. The third-order valence-electron chi connectivity index (χ3n) is 4.09. The third kappa shape index (κ3) is 5.79. The summed E-state index contributed by atoms with van der Waals surface area (Å²) >= 11 is 2.94. The Kier molecular flexibility index (Phi) is 6.44. The van der Waals surface area contributed by atoms with Crippen molar-refractivity contribution in [3.8, 4) is 0 Å². The number of amides is 1. The molecule has 0 spiro atoms. The highest BCUT2D eigenvalue weighted by atomic mass is 32.2. The van der Waals surface area contributed by atoms with Crippen molar-refractivity contribution in [3.63, 3.8) is 0 Å². The Hall–Kier alpha value is -1.45. The summed E-state index contributed by atoms with van der Waals surface area (Å²) in [5.74, 6) is 2.82. The van der Waals surface area contributed by atoms with Gasteiger partial charge >= 0.3 is 0 Å². The molecule has 1 aliphatic rings. The number of nitrogens with one attached hydrogen (secondary N) is 1. The van der Waals surface area contributed by atoms with E-state index in [1.807, 2.05) is 5.38 Å². The van der Waals surface area contributed by atoms with Crippen molar-refractivity contribution in [2.45, 2.75) is 39.0 Å². The highest BCUT2D eigenvalue weighted by Gasteiger charge is 2.17. The standard InChI is InChI=1S/C16H23N5O2S2/c1-11-3-5-21(6-4-11)7-13-8-25-16(18-13)19-15(22)10-24-9-14-17-12(2)23-20-14/h8,11H,3-7,9-10H2,1-2H3,(H,18,19,22). The lowest BCUT2D eigenvalue weighted by Gasteiger charge is -2.29. The van der Waals surface area contributed by atoms with Crippen LogP contribution in [0.3, 0.4) is 0 Å². The zero-order valence-electron chi connectivity index (χ0n) is 14.5. The van der Waals surface area contributed by atoms with Crippen LogP contribution in [0.2, 0.25) is 0 Å². The molecule has 9 heteroatoms. The summed E-state index contributed by atoms with van der Waals surface area (Å²) in [5, 5.41) is 9.37. The van der Waals surface area contributed by atoms with Gasteiger partial charge in [0.25, 0.3) is 0 Å². The maximum absolute atomic E-state index is 12.0. The average Bonchev–Trinajstić information content (AvgIpc) is 3.19. The van der Waals surface area contributed by atoms with Gasteiger partial charge in [-0.25, -0.2) is 4.98 Å². The van der Waals surface area contributed by atoms with Gasteiger partial charge in [-0.3, -0.25) is 9.69 Å². The summed E-state index contributed by atoms with van der Waals surface area (Å²) in [5.41, 5.74) is 1.03. The molecule has 0 saturated carbocycles. The summed E-state index contributed by atoms with van der Waals surface area (Å²) in [6, 6.07) is 0. The fraction of sp³-hybridized carbons (Fsp3) is 0.625. The number of carbonyl (C=O) groups is 1. The van der Waals surface area contributed by atoms with E-state index in [0.717, 1.165) is 31.2 Å². The molecule has 136 valence electrons. The van der Waals surface area contributed by atoms with Crippen LogP contribution in [0.25, 0.3) is 0 Å². The van der Waals surface area contributed by atoms with Crippen LogP contribution in [0.5, 0.6) is 0 Å². The smallest absolute Gasteiger partial charge is 0.236 e. The molecule has 0 aromatic carbocycles. The SMILES string of the molecule is Cc1nc(CSCC(=O)Nc2nc(CN3CCC(C)CC3)cs2)no1. The lowest BCUT2D eigenvalue weighted by atomic mass is 9.99. The molecule has 3 rings (SSSR count). The molecular weight excluding hydrogens is 358 g/mol. The van der Waals surface area contributed by atoms with Gasteiger partial charge in [0.2, 0.25) is 11.8 Å². The summed E-state index contributed by atoms with van der Waals surface area (Å²) in [6.07, 6.45) is 2.51. The van der Waals surface area contributed by atoms with E-state index in [1.165, 1.54) is 35.9 Å². The first-order chi connectivity index (χ1) is 12.1. The van der Waals surface area contributed by atoms with E-state index < -0.39 is 0 Å². The normalized spacial score (nSPS) is 16.2. The molecule has 1 aliphatic heterocycles. The van der Waals surface area contributed by atoms with Crippen LogP contribution >= 0.6 is 23.1 Å². The molecule has 25 heavy (non-hydrogen) atoms. The summed E-state index contributed by atoms with van der Waals surface area (Å²) in [7, 11) is 0. The van der Waals surface area contributed by atoms with Gasteiger partial charge in [0, 0.05) is 18.8 Å². The van der Waals surface area contributed by atoms with Gasteiger partial charge in [-0.15, -0.1) is 23.1 Å². The molecule has 0 bridgehead atoms. The first-order valence-electron chi connectivity index (χ1n) is 8.42. The number of piperidine rings is 1. The van der Waals surface area contributed by atoms with E-state index in [0.29, 0.717) is 28.4 Å². The second kappa shape index (κ2) is 8.77. The number of hydrogen-bond donors (Lipinski definition) is 1. The first-order valence-corrected chi connectivity index (χ1v) is 10.5. The second-order valence-corrected chi connectivity index (χ2v) is 8.22. The van der Waals surface area contributed by atoms with E-state index in [9.17, 15) is 4.79 Å². The van der Waals surface area contributed by atoms with Gasteiger partial charge in [0.1, 0.15) is 0 Å². The monoisotopic (exact) mass is 381 g/mol. The van der Waals surface area contributed by atoms with E-state index in [1.54, 1.807) is 6.92 Å². The van der Waals surface area contributed by atoms with Crippen LogP contribution in [0, 0.1) is 12.8 Å². The van der Waals surface area contributed by atoms with Gasteiger partial charge < -0.3 is 9.84 Å². The molecule has 0 unspecified atom stereocenters. The Morgan fingerprint density at radius 3 is 2.96 bits per heavy atom. The van der Waals surface area contributed by atoms with Crippen LogP contribution < -0.4 is 5.32 Å². The number of carbonyl (C=O) groups excluding carboxylic acids is 1. The van der Waals surface area contributed by atoms with Crippen molar-refractivity contribution in [3.05, 3.63) is 22.8 Å². The Bertz CT molecular complexity index is 694. The number of nitrogens with zero attached hydrogens (tertiary/aromatic N) is 4. The molecule has 0 aliphatic carbocycles. The van der Waals surface area contributed by atoms with Gasteiger partial charge in [0.15, 0.2) is 11.0 Å². The lowest BCUT2D eigenvalue weighted by Crippen LogP contribution is -2.32. The molecule has 3 heterocycles. The Balaban J connectivity index is 1.39. The van der Waals surface area contributed by atoms with Crippen LogP contribution in [0.15, 0.2) is 9.90 Å². The number of likely N-dealkylation sites (tertiary alicyclic amines) is 1. The molecule has 7 nitrogen and oxygen atoms in total. The van der Waals surface area contributed by atoms with Crippen molar-refractivity contribution in [2.75, 3.05) is 24.2 Å². The zero-order valence-corrected chi connectivity index (χ0v) is 16.2. The fourth-order valence-electron chi connectivity index (χ4n) is 2.68. The molecule has 1 amide bonds. The number of aryl methyl sites for hydroxylation is 1. The summed E-state index contributed by atoms with van der Waals surface area (Å²) < 4.78 is 4.90. The van der Waals surface area contributed by atoms with Gasteiger partial charge in [-0.2, -0.15) is 4.98 Å². The maximum Gasteiger partial charge on any atom is 0.236 e. The zero-order chi connectivity index (χ0) is 17.6. The minimum Gasteiger partial charge on any atom is -0.340 e. The van der Waals surface area contributed by atoms with E-state index in [2.05, 4.69) is 32.3 Å². The van der Waals surface area contributed by atoms with Crippen LogP contribution in [0.4, 0.5) is 5.13 Å². The van der Waals surface area contributed by atoms with Crippen molar-refractivity contribution >= 4 is 34.1 Å².